The van der Waals surface area contributed by atoms with Crippen LogP contribution in [-0.2, 0) is 9.53 Å². The molecule has 2 aliphatic carbocycles. The summed E-state index contributed by atoms with van der Waals surface area (Å²) in [5.74, 6) is 2.32. The van der Waals surface area contributed by atoms with Crippen LogP contribution in [-0.4, -0.2) is 30.9 Å². The standard InChI is InChI=1S/C13H21NO2S/c15-12-13(2-4-16-12)8-9-6-10(13)7-11(9)14-3-1-5-17/h9-11,14,17H,1-8H2. The van der Waals surface area contributed by atoms with Crippen molar-refractivity contribution in [2.24, 2.45) is 17.3 Å². The Morgan fingerprint density at radius 1 is 1.47 bits per heavy atom. The lowest BCUT2D eigenvalue weighted by Crippen LogP contribution is -2.42. The number of esters is 1. The predicted octanol–water partition coefficient (Wildman–Crippen LogP) is 1.63. The van der Waals surface area contributed by atoms with Crippen molar-refractivity contribution < 1.29 is 9.53 Å². The lowest BCUT2D eigenvalue weighted by molar-refractivity contribution is -0.148. The van der Waals surface area contributed by atoms with E-state index in [1.807, 2.05) is 0 Å². The molecular formula is C13H21NO2S. The Morgan fingerprint density at radius 3 is 2.94 bits per heavy atom. The Labute approximate surface area is 108 Å². The molecule has 0 aromatic carbocycles. The Morgan fingerprint density at radius 2 is 2.35 bits per heavy atom. The maximum Gasteiger partial charge on any atom is 0.312 e. The van der Waals surface area contributed by atoms with Crippen molar-refractivity contribution in [2.75, 3.05) is 18.9 Å². The first-order valence-electron chi connectivity index (χ1n) is 6.78. The number of thiol groups is 1. The van der Waals surface area contributed by atoms with Crippen LogP contribution in [0.3, 0.4) is 0 Å². The number of ether oxygens (including phenoxy) is 1. The van der Waals surface area contributed by atoms with Gasteiger partial charge >= 0.3 is 5.97 Å². The molecule has 3 fully saturated rings. The molecule has 0 aromatic rings. The van der Waals surface area contributed by atoms with Crippen molar-refractivity contribution >= 4 is 18.6 Å². The molecule has 0 amide bonds. The number of carbonyl (C=O) groups excluding carboxylic acids is 1. The van der Waals surface area contributed by atoms with Gasteiger partial charge in [-0.1, -0.05) is 0 Å². The molecule has 1 N–H and O–H groups in total. The highest BCUT2D eigenvalue weighted by Crippen LogP contribution is 2.59. The fourth-order valence-corrected chi connectivity index (χ4v) is 4.34. The first-order valence-corrected chi connectivity index (χ1v) is 7.41. The minimum Gasteiger partial charge on any atom is -0.465 e. The summed E-state index contributed by atoms with van der Waals surface area (Å²) in [6.45, 7) is 1.72. The molecule has 3 nitrogen and oxygen atoms in total. The van der Waals surface area contributed by atoms with Gasteiger partial charge in [0.2, 0.25) is 0 Å². The summed E-state index contributed by atoms with van der Waals surface area (Å²) in [4.78, 5) is 11.9. The van der Waals surface area contributed by atoms with Gasteiger partial charge in [-0.05, 0) is 56.2 Å². The van der Waals surface area contributed by atoms with E-state index in [2.05, 4.69) is 17.9 Å². The first kappa shape index (κ1) is 11.8. The van der Waals surface area contributed by atoms with Crippen molar-refractivity contribution in [3.8, 4) is 0 Å². The highest BCUT2D eigenvalue weighted by atomic mass is 32.1. The fourth-order valence-electron chi connectivity index (χ4n) is 4.18. The van der Waals surface area contributed by atoms with Crippen LogP contribution < -0.4 is 5.32 Å². The van der Waals surface area contributed by atoms with E-state index in [-0.39, 0.29) is 11.4 Å². The van der Waals surface area contributed by atoms with Gasteiger partial charge < -0.3 is 10.1 Å². The summed E-state index contributed by atoms with van der Waals surface area (Å²) in [7, 11) is 0. The summed E-state index contributed by atoms with van der Waals surface area (Å²) in [6, 6.07) is 0.638. The normalized spacial score (nSPS) is 43.6. The van der Waals surface area contributed by atoms with Gasteiger partial charge in [0.05, 0.1) is 12.0 Å². The van der Waals surface area contributed by atoms with Gasteiger partial charge in [0.25, 0.3) is 0 Å². The van der Waals surface area contributed by atoms with Crippen molar-refractivity contribution in [1.82, 2.24) is 5.32 Å². The van der Waals surface area contributed by atoms with Crippen LogP contribution in [0.1, 0.15) is 32.1 Å². The van der Waals surface area contributed by atoms with E-state index >= 15 is 0 Å². The van der Waals surface area contributed by atoms with Crippen molar-refractivity contribution in [3.63, 3.8) is 0 Å². The van der Waals surface area contributed by atoms with Crippen LogP contribution in [0.5, 0.6) is 0 Å². The van der Waals surface area contributed by atoms with Crippen LogP contribution in [0, 0.1) is 17.3 Å². The van der Waals surface area contributed by atoms with Crippen molar-refractivity contribution in [3.05, 3.63) is 0 Å². The number of rotatable bonds is 4. The van der Waals surface area contributed by atoms with E-state index in [4.69, 9.17) is 4.74 Å². The molecule has 1 aliphatic heterocycles. The quantitative estimate of drug-likeness (QED) is 0.455. The number of carbonyl (C=O) groups is 1. The second-order valence-electron chi connectivity index (χ2n) is 5.81. The summed E-state index contributed by atoms with van der Waals surface area (Å²) >= 11 is 4.23. The zero-order chi connectivity index (χ0) is 11.9. The van der Waals surface area contributed by atoms with Gasteiger partial charge in [0.15, 0.2) is 0 Å². The van der Waals surface area contributed by atoms with E-state index in [1.54, 1.807) is 0 Å². The molecule has 2 bridgehead atoms. The average molecular weight is 255 g/mol. The van der Waals surface area contributed by atoms with Crippen molar-refractivity contribution in [2.45, 2.75) is 38.1 Å². The zero-order valence-electron chi connectivity index (χ0n) is 10.2. The van der Waals surface area contributed by atoms with Gasteiger partial charge in [-0.3, -0.25) is 4.79 Å². The van der Waals surface area contributed by atoms with E-state index in [0.29, 0.717) is 24.5 Å². The zero-order valence-corrected chi connectivity index (χ0v) is 11.0. The SMILES string of the molecule is O=C1OCCC12CC1CC2CC1NCCCS. The lowest BCUT2D eigenvalue weighted by Gasteiger charge is -2.33. The third-order valence-corrected chi connectivity index (χ3v) is 5.35. The van der Waals surface area contributed by atoms with Crippen LogP contribution >= 0.6 is 12.6 Å². The van der Waals surface area contributed by atoms with Crippen LogP contribution in [0.15, 0.2) is 0 Å². The molecule has 1 saturated heterocycles. The molecule has 96 valence electrons. The number of hydrogen-bond acceptors (Lipinski definition) is 4. The van der Waals surface area contributed by atoms with E-state index in [9.17, 15) is 4.79 Å². The molecule has 4 atom stereocenters. The third-order valence-electron chi connectivity index (χ3n) is 5.03. The summed E-state index contributed by atoms with van der Waals surface area (Å²) in [5, 5.41) is 3.63. The van der Waals surface area contributed by atoms with Gasteiger partial charge in [0, 0.05) is 6.04 Å². The topological polar surface area (TPSA) is 38.3 Å². The molecule has 2 saturated carbocycles. The molecule has 3 aliphatic rings. The molecule has 17 heavy (non-hydrogen) atoms. The Balaban J connectivity index is 1.60. The minimum absolute atomic E-state index is 0.0770. The van der Waals surface area contributed by atoms with Gasteiger partial charge in [-0.15, -0.1) is 0 Å². The summed E-state index contributed by atoms with van der Waals surface area (Å²) < 4.78 is 5.21. The lowest BCUT2D eigenvalue weighted by atomic mass is 9.71. The molecule has 1 heterocycles. The second kappa shape index (κ2) is 4.47. The monoisotopic (exact) mass is 255 g/mol. The number of hydrogen-bond donors (Lipinski definition) is 2. The maximum atomic E-state index is 11.9. The number of fused-ring (bicyclic) bond motifs is 3. The number of nitrogens with one attached hydrogen (secondary N) is 1. The molecule has 0 aromatic heterocycles. The average Bonchev–Trinajstić information content (AvgIpc) is 2.96. The second-order valence-corrected chi connectivity index (χ2v) is 6.26. The van der Waals surface area contributed by atoms with Crippen molar-refractivity contribution in [1.29, 1.82) is 0 Å². The number of cyclic esters (lactones) is 1. The highest BCUT2D eigenvalue weighted by Gasteiger charge is 2.61. The van der Waals surface area contributed by atoms with Crippen LogP contribution in [0.4, 0.5) is 0 Å². The molecule has 0 radical (unpaired) electrons. The molecule has 1 spiro atoms. The minimum atomic E-state index is -0.0770. The molecule has 3 rings (SSSR count). The summed E-state index contributed by atoms with van der Waals surface area (Å²) in [5.41, 5.74) is -0.0770. The maximum absolute atomic E-state index is 11.9. The van der Waals surface area contributed by atoms with Crippen LogP contribution in [0.2, 0.25) is 0 Å². The smallest absolute Gasteiger partial charge is 0.312 e. The highest BCUT2D eigenvalue weighted by molar-refractivity contribution is 7.80. The molecule has 4 heteroatoms. The Hall–Kier alpha value is -0.220. The van der Waals surface area contributed by atoms with E-state index < -0.39 is 0 Å². The molecule has 4 unspecified atom stereocenters. The van der Waals surface area contributed by atoms with E-state index in [0.717, 1.165) is 31.6 Å². The summed E-state index contributed by atoms with van der Waals surface area (Å²) in [6.07, 6.45) is 5.57. The van der Waals surface area contributed by atoms with E-state index in [1.165, 1.54) is 12.8 Å². The largest absolute Gasteiger partial charge is 0.465 e. The van der Waals surface area contributed by atoms with Gasteiger partial charge in [0.1, 0.15) is 0 Å². The third kappa shape index (κ3) is 1.80. The van der Waals surface area contributed by atoms with Gasteiger partial charge in [-0.2, -0.15) is 12.6 Å². The Kier molecular flexibility index (Phi) is 3.11. The van der Waals surface area contributed by atoms with Crippen LogP contribution in [0.25, 0.3) is 0 Å². The first-order chi connectivity index (χ1) is 8.26. The molecular weight excluding hydrogens is 234 g/mol. The Bertz CT molecular complexity index is 323. The predicted molar refractivity (Wildman–Crippen MR) is 69.1 cm³/mol. The fraction of sp³-hybridized carbons (Fsp3) is 0.923. The van der Waals surface area contributed by atoms with Gasteiger partial charge in [-0.25, -0.2) is 0 Å².